The van der Waals surface area contributed by atoms with Gasteiger partial charge in [-0.2, -0.15) is 0 Å². The summed E-state index contributed by atoms with van der Waals surface area (Å²) >= 11 is 0. The smallest absolute Gasteiger partial charge is 0.338 e. The molecule has 1 aliphatic carbocycles. The maximum absolute atomic E-state index is 12.4. The monoisotopic (exact) mass is 339 g/mol. The second-order valence-corrected chi connectivity index (χ2v) is 6.52. The van der Waals surface area contributed by atoms with E-state index in [0.717, 1.165) is 19.3 Å². The van der Waals surface area contributed by atoms with Crippen molar-refractivity contribution in [1.29, 1.82) is 0 Å². The lowest BCUT2D eigenvalue weighted by Gasteiger charge is -2.06. The molecule has 0 fully saturated rings. The Hall–Kier alpha value is -2.69. The molecule has 0 radical (unpaired) electrons. The van der Waals surface area contributed by atoms with Crippen LogP contribution >= 0.6 is 0 Å². The van der Waals surface area contributed by atoms with Crippen LogP contribution in [0.15, 0.2) is 18.2 Å². The number of hydrogen-bond acceptors (Lipinski definition) is 4. The summed E-state index contributed by atoms with van der Waals surface area (Å²) in [7, 11) is 0. The zero-order chi connectivity index (χ0) is 18.1. The highest BCUT2D eigenvalue weighted by molar-refractivity contribution is 6.04. The van der Waals surface area contributed by atoms with Crippen molar-refractivity contribution in [2.75, 3.05) is 6.61 Å². The first-order valence-corrected chi connectivity index (χ1v) is 8.40. The van der Waals surface area contributed by atoms with Crippen LogP contribution in [0, 0.1) is 13.8 Å². The predicted molar refractivity (Wildman–Crippen MR) is 93.4 cm³/mol. The van der Waals surface area contributed by atoms with Crippen molar-refractivity contribution in [2.45, 2.75) is 40.0 Å². The molecule has 1 aliphatic rings. The molecule has 1 N–H and O–H groups in total. The quantitative estimate of drug-likeness (QED) is 0.669. The number of carbonyl (C=O) groups is 3. The van der Waals surface area contributed by atoms with Gasteiger partial charge in [-0.15, -0.1) is 0 Å². The van der Waals surface area contributed by atoms with Crippen molar-refractivity contribution in [3.8, 4) is 0 Å². The zero-order valence-corrected chi connectivity index (χ0v) is 14.7. The van der Waals surface area contributed by atoms with Crippen LogP contribution < -0.4 is 0 Å². The number of ketones is 2. The summed E-state index contributed by atoms with van der Waals surface area (Å²) in [5.74, 6) is -0.946. The van der Waals surface area contributed by atoms with Gasteiger partial charge in [0.05, 0.1) is 11.3 Å². The molecule has 2 aromatic rings. The van der Waals surface area contributed by atoms with E-state index in [-0.39, 0.29) is 18.2 Å². The third-order valence-corrected chi connectivity index (χ3v) is 4.74. The summed E-state index contributed by atoms with van der Waals surface area (Å²) in [5, 5.41) is 0. The number of rotatable bonds is 5. The topological polar surface area (TPSA) is 76.2 Å². The first kappa shape index (κ1) is 17.1. The van der Waals surface area contributed by atoms with Crippen molar-refractivity contribution in [3.63, 3.8) is 0 Å². The number of benzene rings is 1. The van der Waals surface area contributed by atoms with Gasteiger partial charge in [0, 0.05) is 11.3 Å². The first-order chi connectivity index (χ1) is 11.9. The number of fused-ring (bicyclic) bond motifs is 1. The summed E-state index contributed by atoms with van der Waals surface area (Å²) in [6.07, 6.45) is 3.13. The molecule has 1 heterocycles. The van der Waals surface area contributed by atoms with Crippen LogP contribution in [0.3, 0.4) is 0 Å². The van der Waals surface area contributed by atoms with Crippen molar-refractivity contribution < 1.29 is 19.1 Å². The number of carbonyl (C=O) groups excluding carboxylic acids is 3. The third kappa shape index (κ3) is 3.27. The van der Waals surface area contributed by atoms with Gasteiger partial charge < -0.3 is 9.72 Å². The summed E-state index contributed by atoms with van der Waals surface area (Å²) in [6, 6.07) is 5.56. The summed E-state index contributed by atoms with van der Waals surface area (Å²) in [5.41, 5.74) is 5.03. The molecule has 0 bridgehead atoms. The van der Waals surface area contributed by atoms with E-state index in [1.165, 1.54) is 18.1 Å². The molecule has 0 atom stereocenters. The molecule has 3 rings (SSSR count). The Morgan fingerprint density at radius 2 is 1.84 bits per heavy atom. The average molecular weight is 339 g/mol. The van der Waals surface area contributed by atoms with Gasteiger partial charge in [0.15, 0.2) is 12.4 Å². The van der Waals surface area contributed by atoms with E-state index < -0.39 is 5.97 Å². The number of nitrogens with one attached hydrogen (secondary N) is 1. The Morgan fingerprint density at radius 1 is 1.12 bits per heavy atom. The summed E-state index contributed by atoms with van der Waals surface area (Å²) < 4.78 is 5.18. The van der Waals surface area contributed by atoms with Crippen LogP contribution in [0.2, 0.25) is 0 Å². The largest absolute Gasteiger partial charge is 0.454 e. The van der Waals surface area contributed by atoms with Gasteiger partial charge >= 0.3 is 5.97 Å². The normalized spacial score (nSPS) is 12.8. The molecule has 0 unspecified atom stereocenters. The van der Waals surface area contributed by atoms with Gasteiger partial charge in [-0.1, -0.05) is 6.07 Å². The van der Waals surface area contributed by atoms with Gasteiger partial charge in [0.2, 0.25) is 5.78 Å². The maximum atomic E-state index is 12.4. The van der Waals surface area contributed by atoms with Gasteiger partial charge in [-0.25, -0.2) is 4.79 Å². The predicted octanol–water partition coefficient (Wildman–Crippen LogP) is 3.36. The molecule has 0 saturated heterocycles. The Bertz CT molecular complexity index is 876. The molecule has 0 saturated carbocycles. The molecule has 0 amide bonds. The number of H-pyrrole nitrogens is 1. The Balaban J connectivity index is 1.69. The minimum Gasteiger partial charge on any atom is -0.454 e. The van der Waals surface area contributed by atoms with E-state index in [1.807, 2.05) is 12.1 Å². The molecule has 1 aromatic carbocycles. The number of aryl methyl sites for hydroxylation is 3. The fraction of sp³-hybridized carbons (Fsp3) is 0.350. The second kappa shape index (κ2) is 6.67. The van der Waals surface area contributed by atoms with Crippen LogP contribution in [0.5, 0.6) is 0 Å². The standard InChI is InChI=1S/C20H21NO4/c1-11-18(13(3)22)12(2)21-19(11)17(23)10-25-20(24)16-8-7-14-5-4-6-15(14)9-16/h7-9,21H,4-6,10H2,1-3H3. The van der Waals surface area contributed by atoms with E-state index >= 15 is 0 Å². The molecule has 25 heavy (non-hydrogen) atoms. The molecule has 5 heteroatoms. The Morgan fingerprint density at radius 3 is 2.52 bits per heavy atom. The van der Waals surface area contributed by atoms with E-state index in [1.54, 1.807) is 19.9 Å². The lowest BCUT2D eigenvalue weighted by Crippen LogP contribution is -2.15. The first-order valence-electron chi connectivity index (χ1n) is 8.40. The van der Waals surface area contributed by atoms with E-state index in [2.05, 4.69) is 4.98 Å². The SMILES string of the molecule is CC(=O)c1c(C)[nH]c(C(=O)COC(=O)c2ccc3c(c2)CCC3)c1C. The van der Waals surface area contributed by atoms with Crippen LogP contribution in [0.25, 0.3) is 0 Å². The van der Waals surface area contributed by atoms with E-state index in [0.29, 0.717) is 28.1 Å². The molecular formula is C20H21NO4. The molecular weight excluding hydrogens is 318 g/mol. The van der Waals surface area contributed by atoms with Crippen LogP contribution in [-0.2, 0) is 17.6 Å². The van der Waals surface area contributed by atoms with Gasteiger partial charge in [-0.3, -0.25) is 9.59 Å². The minimum atomic E-state index is -0.504. The fourth-order valence-corrected chi connectivity index (χ4v) is 3.54. The van der Waals surface area contributed by atoms with Crippen LogP contribution in [0.1, 0.15) is 66.9 Å². The number of ether oxygens (including phenoxy) is 1. The van der Waals surface area contributed by atoms with Gasteiger partial charge in [0.25, 0.3) is 0 Å². The summed E-state index contributed by atoms with van der Waals surface area (Å²) in [6.45, 7) is 4.58. The van der Waals surface area contributed by atoms with Crippen molar-refractivity contribution in [3.05, 3.63) is 57.4 Å². The number of hydrogen-bond donors (Lipinski definition) is 1. The Kier molecular flexibility index (Phi) is 4.57. The number of aromatic nitrogens is 1. The fourth-order valence-electron chi connectivity index (χ4n) is 3.54. The highest BCUT2D eigenvalue weighted by Crippen LogP contribution is 2.23. The highest BCUT2D eigenvalue weighted by Gasteiger charge is 2.21. The van der Waals surface area contributed by atoms with Crippen LogP contribution in [0.4, 0.5) is 0 Å². The number of esters is 1. The van der Waals surface area contributed by atoms with Crippen LogP contribution in [-0.4, -0.2) is 29.1 Å². The molecule has 0 spiro atoms. The molecule has 1 aromatic heterocycles. The molecule has 0 aliphatic heterocycles. The minimum absolute atomic E-state index is 0.0968. The Labute approximate surface area is 146 Å². The lowest BCUT2D eigenvalue weighted by molar-refractivity contribution is 0.0473. The maximum Gasteiger partial charge on any atom is 0.338 e. The van der Waals surface area contributed by atoms with Crippen molar-refractivity contribution >= 4 is 17.5 Å². The lowest BCUT2D eigenvalue weighted by atomic mass is 10.1. The molecule has 130 valence electrons. The van der Waals surface area contributed by atoms with E-state index in [9.17, 15) is 14.4 Å². The van der Waals surface area contributed by atoms with Gasteiger partial charge in [-0.05, 0) is 68.9 Å². The number of aromatic amines is 1. The average Bonchev–Trinajstić information content (AvgIpc) is 3.15. The molecule has 5 nitrogen and oxygen atoms in total. The highest BCUT2D eigenvalue weighted by atomic mass is 16.5. The van der Waals surface area contributed by atoms with Gasteiger partial charge in [0.1, 0.15) is 0 Å². The summed E-state index contributed by atoms with van der Waals surface area (Å²) in [4.78, 5) is 39.1. The zero-order valence-electron chi connectivity index (χ0n) is 14.7. The number of Topliss-reactive ketones (excluding diaryl/α,β-unsaturated/α-hetero) is 2. The third-order valence-electron chi connectivity index (χ3n) is 4.74. The second-order valence-electron chi connectivity index (χ2n) is 6.52. The van der Waals surface area contributed by atoms with Crippen molar-refractivity contribution in [1.82, 2.24) is 4.98 Å². The van der Waals surface area contributed by atoms with Crippen molar-refractivity contribution in [2.24, 2.45) is 0 Å². The van der Waals surface area contributed by atoms with E-state index in [4.69, 9.17) is 4.74 Å².